The van der Waals surface area contributed by atoms with Crippen molar-refractivity contribution in [1.82, 2.24) is 10.2 Å². The smallest absolute Gasteiger partial charge is 0.255 e. The molecular weight excluding hydrogens is 324 g/mol. The molecule has 0 saturated carbocycles. The van der Waals surface area contributed by atoms with E-state index in [1.54, 1.807) is 4.90 Å². The molecule has 1 aromatic carbocycles. The molecule has 4 heteroatoms. The lowest BCUT2D eigenvalue weighted by Gasteiger charge is -2.28. The summed E-state index contributed by atoms with van der Waals surface area (Å²) < 4.78 is 0. The molecule has 0 saturated heterocycles. The number of rotatable bonds is 7. The fourth-order valence-corrected chi connectivity index (χ4v) is 3.95. The van der Waals surface area contributed by atoms with Crippen LogP contribution in [0.4, 0.5) is 0 Å². The Balaban J connectivity index is 1.63. The van der Waals surface area contributed by atoms with Crippen molar-refractivity contribution in [2.75, 3.05) is 6.54 Å². The number of amides is 2. The van der Waals surface area contributed by atoms with Gasteiger partial charge < -0.3 is 10.2 Å². The highest BCUT2D eigenvalue weighted by Crippen LogP contribution is 2.27. The van der Waals surface area contributed by atoms with E-state index in [2.05, 4.69) is 25.2 Å². The first-order valence-corrected chi connectivity index (χ1v) is 9.90. The van der Waals surface area contributed by atoms with E-state index in [0.717, 1.165) is 24.0 Å². The summed E-state index contributed by atoms with van der Waals surface area (Å²) in [4.78, 5) is 27.4. The van der Waals surface area contributed by atoms with Crippen LogP contribution in [0.15, 0.2) is 35.9 Å². The number of carbonyl (C=O) groups excluding carboxylic acids is 2. The first-order chi connectivity index (χ1) is 12.6. The van der Waals surface area contributed by atoms with Crippen molar-refractivity contribution in [2.24, 2.45) is 5.92 Å². The lowest BCUT2D eigenvalue weighted by atomic mass is 9.97. The molecule has 1 heterocycles. The Kier molecular flexibility index (Phi) is 6.12. The van der Waals surface area contributed by atoms with Gasteiger partial charge in [-0.25, -0.2) is 0 Å². The molecule has 3 rings (SSSR count). The average Bonchev–Trinajstić information content (AvgIpc) is 2.97. The lowest BCUT2D eigenvalue weighted by molar-refractivity contribution is -0.126. The molecule has 0 spiro atoms. The van der Waals surface area contributed by atoms with Crippen LogP contribution in [-0.4, -0.2) is 29.3 Å². The van der Waals surface area contributed by atoms with E-state index in [0.29, 0.717) is 25.4 Å². The van der Waals surface area contributed by atoms with Gasteiger partial charge in [-0.15, -0.1) is 0 Å². The standard InChI is InChI=1S/C22H30N2O2/c1-16(2)14-20(21(25)23-13-12-17-8-4-3-5-9-17)24-15-18-10-6-7-11-19(18)22(24)26/h6-8,10-11,16,20H,3-5,9,12-15H2,1-2H3,(H,23,25)/t20-/m1/s1. The normalized spacial score (nSPS) is 17.9. The molecule has 2 aliphatic rings. The Morgan fingerprint density at radius 3 is 2.73 bits per heavy atom. The molecule has 0 radical (unpaired) electrons. The third kappa shape index (κ3) is 4.35. The predicted molar refractivity (Wildman–Crippen MR) is 104 cm³/mol. The summed E-state index contributed by atoms with van der Waals surface area (Å²) in [7, 11) is 0. The monoisotopic (exact) mass is 354 g/mol. The van der Waals surface area contributed by atoms with Gasteiger partial charge in [-0.2, -0.15) is 0 Å². The Morgan fingerprint density at radius 1 is 1.23 bits per heavy atom. The van der Waals surface area contributed by atoms with E-state index in [1.165, 1.54) is 24.8 Å². The number of hydrogen-bond donors (Lipinski definition) is 1. The molecule has 1 aromatic rings. The average molecular weight is 354 g/mol. The summed E-state index contributed by atoms with van der Waals surface area (Å²) in [5, 5.41) is 3.09. The van der Waals surface area contributed by atoms with Crippen LogP contribution in [-0.2, 0) is 11.3 Å². The second-order valence-corrected chi connectivity index (χ2v) is 7.88. The summed E-state index contributed by atoms with van der Waals surface area (Å²) in [5.74, 6) is 0.316. The van der Waals surface area contributed by atoms with Crippen LogP contribution in [0.1, 0.15) is 68.3 Å². The summed E-state index contributed by atoms with van der Waals surface area (Å²) in [6.45, 7) is 5.39. The molecule has 1 aliphatic heterocycles. The second kappa shape index (κ2) is 8.52. The summed E-state index contributed by atoms with van der Waals surface area (Å²) in [6.07, 6.45) is 8.80. The molecule has 0 bridgehead atoms. The van der Waals surface area contributed by atoms with Gasteiger partial charge >= 0.3 is 0 Å². The van der Waals surface area contributed by atoms with Crippen LogP contribution in [0.3, 0.4) is 0 Å². The topological polar surface area (TPSA) is 49.4 Å². The van der Waals surface area contributed by atoms with Crippen molar-refractivity contribution in [2.45, 2.75) is 65.0 Å². The first-order valence-electron chi connectivity index (χ1n) is 9.90. The molecular formula is C22H30N2O2. The Bertz CT molecular complexity index is 693. The zero-order valence-corrected chi connectivity index (χ0v) is 16.0. The number of nitrogens with zero attached hydrogens (tertiary/aromatic N) is 1. The van der Waals surface area contributed by atoms with E-state index in [1.807, 2.05) is 24.3 Å². The van der Waals surface area contributed by atoms with Gasteiger partial charge in [0.1, 0.15) is 6.04 Å². The number of carbonyl (C=O) groups is 2. The zero-order valence-electron chi connectivity index (χ0n) is 16.0. The Morgan fingerprint density at radius 2 is 2.04 bits per heavy atom. The molecule has 0 aromatic heterocycles. The van der Waals surface area contributed by atoms with Crippen molar-refractivity contribution in [3.63, 3.8) is 0 Å². The quantitative estimate of drug-likeness (QED) is 0.751. The maximum absolute atomic E-state index is 12.9. The maximum Gasteiger partial charge on any atom is 0.255 e. The highest BCUT2D eigenvalue weighted by molar-refractivity contribution is 6.01. The third-order valence-electron chi connectivity index (χ3n) is 5.35. The zero-order chi connectivity index (χ0) is 18.5. The lowest BCUT2D eigenvalue weighted by Crippen LogP contribution is -2.48. The van der Waals surface area contributed by atoms with Crippen molar-refractivity contribution in [1.29, 1.82) is 0 Å². The molecule has 1 N–H and O–H groups in total. The Labute approximate surface area is 156 Å². The molecule has 1 atom stereocenters. The fourth-order valence-electron chi connectivity index (χ4n) is 3.95. The second-order valence-electron chi connectivity index (χ2n) is 7.88. The molecule has 4 nitrogen and oxygen atoms in total. The molecule has 0 unspecified atom stereocenters. The highest BCUT2D eigenvalue weighted by atomic mass is 16.2. The van der Waals surface area contributed by atoms with Crippen molar-refractivity contribution < 1.29 is 9.59 Å². The van der Waals surface area contributed by atoms with Gasteiger partial charge in [-0.05, 0) is 56.1 Å². The molecule has 2 amide bonds. The number of benzene rings is 1. The highest BCUT2D eigenvalue weighted by Gasteiger charge is 2.36. The van der Waals surface area contributed by atoms with E-state index in [4.69, 9.17) is 0 Å². The summed E-state index contributed by atoms with van der Waals surface area (Å²) >= 11 is 0. The Hall–Kier alpha value is -2.10. The van der Waals surface area contributed by atoms with Gasteiger partial charge in [0.25, 0.3) is 5.91 Å². The number of fused-ring (bicyclic) bond motifs is 1. The van der Waals surface area contributed by atoms with Gasteiger partial charge in [-0.1, -0.05) is 43.7 Å². The fraction of sp³-hybridized carbons (Fsp3) is 0.545. The van der Waals surface area contributed by atoms with Crippen LogP contribution in [0, 0.1) is 5.92 Å². The van der Waals surface area contributed by atoms with Crippen LogP contribution in [0.5, 0.6) is 0 Å². The minimum absolute atomic E-state index is 0.0172. The van der Waals surface area contributed by atoms with Gasteiger partial charge in [-0.3, -0.25) is 9.59 Å². The van der Waals surface area contributed by atoms with E-state index >= 15 is 0 Å². The number of allylic oxidation sites excluding steroid dienone is 1. The molecule has 26 heavy (non-hydrogen) atoms. The third-order valence-corrected chi connectivity index (χ3v) is 5.35. The predicted octanol–water partition coefficient (Wildman–Crippen LogP) is 4.06. The van der Waals surface area contributed by atoms with Gasteiger partial charge in [0.15, 0.2) is 0 Å². The minimum atomic E-state index is -0.393. The summed E-state index contributed by atoms with van der Waals surface area (Å²) in [5.41, 5.74) is 3.22. The van der Waals surface area contributed by atoms with Crippen LogP contribution < -0.4 is 5.32 Å². The van der Waals surface area contributed by atoms with Crippen LogP contribution >= 0.6 is 0 Å². The largest absolute Gasteiger partial charge is 0.354 e. The van der Waals surface area contributed by atoms with Gasteiger partial charge in [0, 0.05) is 18.7 Å². The minimum Gasteiger partial charge on any atom is -0.354 e. The van der Waals surface area contributed by atoms with E-state index in [-0.39, 0.29) is 11.8 Å². The van der Waals surface area contributed by atoms with Crippen LogP contribution in [0.25, 0.3) is 0 Å². The molecule has 1 aliphatic carbocycles. The van der Waals surface area contributed by atoms with Gasteiger partial charge in [0.05, 0.1) is 0 Å². The molecule has 0 fully saturated rings. The number of hydrogen-bond acceptors (Lipinski definition) is 2. The van der Waals surface area contributed by atoms with E-state index < -0.39 is 6.04 Å². The maximum atomic E-state index is 12.9. The van der Waals surface area contributed by atoms with Crippen LogP contribution in [0.2, 0.25) is 0 Å². The van der Waals surface area contributed by atoms with E-state index in [9.17, 15) is 9.59 Å². The SMILES string of the molecule is CC(C)C[C@H](C(=O)NCCC1=CCCCC1)N1Cc2ccccc2C1=O. The van der Waals surface area contributed by atoms with Crippen molar-refractivity contribution in [3.8, 4) is 0 Å². The first kappa shape index (κ1) is 18.7. The summed E-state index contributed by atoms with van der Waals surface area (Å²) in [6, 6.07) is 7.28. The van der Waals surface area contributed by atoms with Crippen molar-refractivity contribution in [3.05, 3.63) is 47.0 Å². The van der Waals surface area contributed by atoms with Crippen molar-refractivity contribution >= 4 is 11.8 Å². The number of nitrogens with one attached hydrogen (secondary N) is 1. The molecule has 140 valence electrons. The van der Waals surface area contributed by atoms with Gasteiger partial charge in [0.2, 0.25) is 5.91 Å².